The number of hydrogen-bond donors (Lipinski definition) is 1. The van der Waals surface area contributed by atoms with Crippen molar-refractivity contribution in [3.63, 3.8) is 0 Å². The molecule has 0 aromatic carbocycles. The molecule has 2 aromatic heterocycles. The van der Waals surface area contributed by atoms with Gasteiger partial charge in [0, 0.05) is 19.3 Å². The molecule has 0 aliphatic heterocycles. The molecular weight excluding hydrogens is 390 g/mol. The van der Waals surface area contributed by atoms with E-state index in [4.69, 9.17) is 0 Å². The molecule has 0 amide bonds. The number of thiophene rings is 1. The van der Waals surface area contributed by atoms with E-state index in [-0.39, 0.29) is 0 Å². The standard InChI is InChI=1S/C13H17Br2N3S/c1-3-4-16-11(5-9-7-17-18(2)8-9)10-6-12(14)19-13(10)15/h6-8,11,16H,3-5H2,1-2H3. The van der Waals surface area contributed by atoms with Gasteiger partial charge in [0.2, 0.25) is 0 Å². The summed E-state index contributed by atoms with van der Waals surface area (Å²) in [7, 11) is 1.95. The number of aromatic nitrogens is 2. The highest BCUT2D eigenvalue weighted by molar-refractivity contribution is 9.12. The van der Waals surface area contributed by atoms with Crippen LogP contribution in [0.25, 0.3) is 0 Å². The van der Waals surface area contributed by atoms with E-state index < -0.39 is 0 Å². The van der Waals surface area contributed by atoms with Crippen LogP contribution in [0.5, 0.6) is 0 Å². The third-order valence-corrected chi connectivity index (χ3v) is 5.28. The van der Waals surface area contributed by atoms with Gasteiger partial charge in [-0.05, 0) is 68.4 Å². The third-order valence-electron chi connectivity index (χ3n) is 2.90. The fraction of sp³-hybridized carbons (Fsp3) is 0.462. The van der Waals surface area contributed by atoms with Gasteiger partial charge in [-0.25, -0.2) is 0 Å². The summed E-state index contributed by atoms with van der Waals surface area (Å²) >= 11 is 8.93. The van der Waals surface area contributed by atoms with E-state index in [2.05, 4.69) is 61.5 Å². The maximum Gasteiger partial charge on any atom is 0.0758 e. The highest BCUT2D eigenvalue weighted by Gasteiger charge is 2.17. The van der Waals surface area contributed by atoms with Crippen molar-refractivity contribution in [3.05, 3.63) is 37.2 Å². The van der Waals surface area contributed by atoms with Crippen LogP contribution in [-0.4, -0.2) is 16.3 Å². The Hall–Kier alpha value is -0.170. The summed E-state index contributed by atoms with van der Waals surface area (Å²) < 4.78 is 4.20. The predicted molar refractivity (Wildman–Crippen MR) is 87.7 cm³/mol. The summed E-state index contributed by atoms with van der Waals surface area (Å²) in [5.41, 5.74) is 2.57. The lowest BCUT2D eigenvalue weighted by molar-refractivity contribution is 0.529. The van der Waals surface area contributed by atoms with Gasteiger partial charge in [0.1, 0.15) is 0 Å². The van der Waals surface area contributed by atoms with Crippen molar-refractivity contribution >= 4 is 43.2 Å². The molecule has 0 aliphatic rings. The molecule has 0 radical (unpaired) electrons. The minimum Gasteiger partial charge on any atom is -0.310 e. The Kier molecular flexibility index (Phi) is 5.62. The highest BCUT2D eigenvalue weighted by atomic mass is 79.9. The van der Waals surface area contributed by atoms with Crippen molar-refractivity contribution in [1.29, 1.82) is 0 Å². The largest absolute Gasteiger partial charge is 0.310 e. The molecule has 0 bridgehead atoms. The lowest BCUT2D eigenvalue weighted by Crippen LogP contribution is -2.23. The zero-order valence-corrected chi connectivity index (χ0v) is 15.0. The normalized spacial score (nSPS) is 12.8. The predicted octanol–water partition coefficient (Wildman–Crippen LogP) is 4.29. The topological polar surface area (TPSA) is 29.9 Å². The molecule has 6 heteroatoms. The van der Waals surface area contributed by atoms with E-state index in [1.54, 1.807) is 11.3 Å². The molecule has 2 rings (SSSR count). The smallest absolute Gasteiger partial charge is 0.0758 e. The number of aryl methyl sites for hydroxylation is 1. The average molecular weight is 407 g/mol. The van der Waals surface area contributed by atoms with Crippen LogP contribution in [0, 0.1) is 0 Å². The molecular formula is C13H17Br2N3S. The van der Waals surface area contributed by atoms with Crippen molar-refractivity contribution in [1.82, 2.24) is 15.1 Å². The van der Waals surface area contributed by atoms with Crippen molar-refractivity contribution in [2.45, 2.75) is 25.8 Å². The monoisotopic (exact) mass is 405 g/mol. The molecule has 1 unspecified atom stereocenters. The lowest BCUT2D eigenvalue weighted by atomic mass is 10.0. The number of hydrogen-bond acceptors (Lipinski definition) is 3. The van der Waals surface area contributed by atoms with E-state index >= 15 is 0 Å². The van der Waals surface area contributed by atoms with Crippen LogP contribution in [0.1, 0.15) is 30.5 Å². The van der Waals surface area contributed by atoms with Crippen LogP contribution in [0.4, 0.5) is 0 Å². The van der Waals surface area contributed by atoms with Crippen LogP contribution < -0.4 is 5.32 Å². The zero-order chi connectivity index (χ0) is 13.8. The van der Waals surface area contributed by atoms with E-state index in [0.717, 1.165) is 23.2 Å². The Morgan fingerprint density at radius 1 is 1.47 bits per heavy atom. The molecule has 2 aromatic rings. The first kappa shape index (κ1) is 15.2. The fourth-order valence-corrected chi connectivity index (χ4v) is 4.99. The summed E-state index contributed by atoms with van der Waals surface area (Å²) in [6, 6.07) is 2.51. The van der Waals surface area contributed by atoms with Gasteiger partial charge in [-0.2, -0.15) is 5.10 Å². The second-order valence-electron chi connectivity index (χ2n) is 4.51. The number of halogens is 2. The summed E-state index contributed by atoms with van der Waals surface area (Å²) in [5.74, 6) is 0. The fourth-order valence-electron chi connectivity index (χ4n) is 2.01. The van der Waals surface area contributed by atoms with Gasteiger partial charge in [-0.15, -0.1) is 11.3 Å². The second kappa shape index (κ2) is 7.02. The molecule has 104 valence electrons. The van der Waals surface area contributed by atoms with Crippen LogP contribution in [0.3, 0.4) is 0 Å². The van der Waals surface area contributed by atoms with E-state index in [9.17, 15) is 0 Å². The Bertz CT molecular complexity index is 536. The molecule has 2 heterocycles. The Morgan fingerprint density at radius 2 is 2.26 bits per heavy atom. The maximum atomic E-state index is 4.24. The summed E-state index contributed by atoms with van der Waals surface area (Å²) in [5, 5.41) is 7.86. The molecule has 0 aliphatic carbocycles. The first-order valence-electron chi connectivity index (χ1n) is 6.25. The van der Waals surface area contributed by atoms with E-state index in [1.165, 1.54) is 14.9 Å². The number of rotatable bonds is 6. The highest BCUT2D eigenvalue weighted by Crippen LogP contribution is 2.36. The zero-order valence-electron chi connectivity index (χ0n) is 11.0. The van der Waals surface area contributed by atoms with Crippen LogP contribution in [0.2, 0.25) is 0 Å². The molecule has 1 atom stereocenters. The quantitative estimate of drug-likeness (QED) is 0.775. The van der Waals surface area contributed by atoms with Gasteiger partial charge in [0.15, 0.2) is 0 Å². The molecule has 3 nitrogen and oxygen atoms in total. The third kappa shape index (κ3) is 4.15. The molecule has 19 heavy (non-hydrogen) atoms. The average Bonchev–Trinajstić information content (AvgIpc) is 2.91. The maximum absolute atomic E-state index is 4.24. The molecule has 1 N–H and O–H groups in total. The van der Waals surface area contributed by atoms with Gasteiger partial charge in [-0.3, -0.25) is 4.68 Å². The van der Waals surface area contributed by atoms with Gasteiger partial charge in [0.05, 0.1) is 13.8 Å². The Balaban J connectivity index is 2.18. The van der Waals surface area contributed by atoms with Crippen LogP contribution >= 0.6 is 43.2 Å². The minimum atomic E-state index is 0.320. The van der Waals surface area contributed by atoms with Gasteiger partial charge in [0.25, 0.3) is 0 Å². The van der Waals surface area contributed by atoms with Crippen molar-refractivity contribution < 1.29 is 0 Å². The van der Waals surface area contributed by atoms with Crippen molar-refractivity contribution in [2.75, 3.05) is 6.54 Å². The minimum absolute atomic E-state index is 0.320. The lowest BCUT2D eigenvalue weighted by Gasteiger charge is -2.17. The first-order valence-corrected chi connectivity index (χ1v) is 8.66. The van der Waals surface area contributed by atoms with E-state index in [1.807, 2.05) is 17.9 Å². The number of nitrogens with zero attached hydrogens (tertiary/aromatic N) is 2. The molecule has 0 fully saturated rings. The Morgan fingerprint density at radius 3 is 2.79 bits per heavy atom. The molecule has 0 saturated carbocycles. The second-order valence-corrected chi connectivity index (χ2v) is 8.26. The van der Waals surface area contributed by atoms with E-state index in [0.29, 0.717) is 6.04 Å². The Labute approximate surface area is 134 Å². The molecule has 0 saturated heterocycles. The summed E-state index contributed by atoms with van der Waals surface area (Å²) in [6.45, 7) is 3.21. The van der Waals surface area contributed by atoms with Crippen molar-refractivity contribution in [3.8, 4) is 0 Å². The van der Waals surface area contributed by atoms with Crippen molar-refractivity contribution in [2.24, 2.45) is 7.05 Å². The van der Waals surface area contributed by atoms with Gasteiger partial charge < -0.3 is 5.32 Å². The molecule has 0 spiro atoms. The van der Waals surface area contributed by atoms with Crippen LogP contribution in [0.15, 0.2) is 26.0 Å². The number of nitrogens with one attached hydrogen (secondary N) is 1. The van der Waals surface area contributed by atoms with Crippen LogP contribution in [-0.2, 0) is 13.5 Å². The SMILES string of the molecule is CCCNC(Cc1cnn(C)c1)c1cc(Br)sc1Br. The van der Waals surface area contributed by atoms with Gasteiger partial charge >= 0.3 is 0 Å². The first-order chi connectivity index (χ1) is 9.10. The summed E-state index contributed by atoms with van der Waals surface area (Å²) in [6.07, 6.45) is 6.11. The summed E-state index contributed by atoms with van der Waals surface area (Å²) in [4.78, 5) is 0. The van der Waals surface area contributed by atoms with Gasteiger partial charge in [-0.1, -0.05) is 6.92 Å².